The summed E-state index contributed by atoms with van der Waals surface area (Å²) in [4.78, 5) is 25.9. The van der Waals surface area contributed by atoms with E-state index in [-0.39, 0.29) is 17.6 Å². The smallest absolute Gasteiger partial charge is 0.326 e. The summed E-state index contributed by atoms with van der Waals surface area (Å²) in [5.74, 6) is 0.387. The van der Waals surface area contributed by atoms with Gasteiger partial charge in [-0.05, 0) is 44.0 Å². The van der Waals surface area contributed by atoms with Gasteiger partial charge < -0.3 is 15.4 Å². The number of H-pyrrole nitrogens is 2. The van der Waals surface area contributed by atoms with E-state index >= 15 is 0 Å². The van der Waals surface area contributed by atoms with Crippen LogP contribution in [0.5, 0.6) is 5.88 Å². The van der Waals surface area contributed by atoms with Crippen molar-refractivity contribution >= 4 is 34.8 Å². The number of aromatic hydroxyl groups is 1. The summed E-state index contributed by atoms with van der Waals surface area (Å²) in [6, 6.07) is 7.67. The lowest BCUT2D eigenvalue weighted by Gasteiger charge is -2.10. The second kappa shape index (κ2) is 7.03. The van der Waals surface area contributed by atoms with Crippen molar-refractivity contribution in [3.63, 3.8) is 0 Å². The third-order valence-electron chi connectivity index (χ3n) is 4.85. The molecule has 152 valence electrons. The summed E-state index contributed by atoms with van der Waals surface area (Å²) in [6.45, 7) is 1.95. The first-order valence-electron chi connectivity index (χ1n) is 9.46. The molecule has 0 spiro atoms. The minimum Gasteiger partial charge on any atom is -0.493 e. The van der Waals surface area contributed by atoms with Crippen LogP contribution in [-0.2, 0) is 0 Å². The van der Waals surface area contributed by atoms with Gasteiger partial charge in [0.25, 0.3) is 0 Å². The van der Waals surface area contributed by atoms with Crippen LogP contribution < -0.4 is 21.7 Å². The summed E-state index contributed by atoms with van der Waals surface area (Å²) in [5, 5.41) is 18.9. The molecule has 1 fully saturated rings. The van der Waals surface area contributed by atoms with Crippen LogP contribution in [-0.4, -0.2) is 35.7 Å². The highest BCUT2D eigenvalue weighted by atomic mass is 35.5. The highest BCUT2D eigenvalue weighted by Crippen LogP contribution is 2.24. The molecule has 0 bridgehead atoms. The number of rotatable bonds is 4. The van der Waals surface area contributed by atoms with E-state index in [9.17, 15) is 9.90 Å². The number of hydrogen-bond acceptors (Lipinski definition) is 6. The van der Waals surface area contributed by atoms with E-state index in [4.69, 9.17) is 21.6 Å². The SMILES string of the molecule is Cc1c(Nc2cccc(Cl)c2)nc2/c(=C\c3[nH]c(=O)[nH]c3O)cnn2c1=NC1CC1. The van der Waals surface area contributed by atoms with Crippen LogP contribution in [0.2, 0.25) is 5.02 Å². The van der Waals surface area contributed by atoms with Crippen molar-refractivity contribution in [1.29, 1.82) is 0 Å². The van der Waals surface area contributed by atoms with Crippen LogP contribution in [0.3, 0.4) is 0 Å². The van der Waals surface area contributed by atoms with Crippen molar-refractivity contribution < 1.29 is 5.11 Å². The third-order valence-corrected chi connectivity index (χ3v) is 5.09. The van der Waals surface area contributed by atoms with E-state index in [2.05, 4.69) is 20.4 Å². The van der Waals surface area contributed by atoms with Crippen LogP contribution in [0, 0.1) is 6.92 Å². The lowest BCUT2D eigenvalue weighted by Crippen LogP contribution is -2.23. The van der Waals surface area contributed by atoms with Crippen molar-refractivity contribution in [3.8, 4) is 5.88 Å². The predicted molar refractivity (Wildman–Crippen MR) is 113 cm³/mol. The Kier molecular flexibility index (Phi) is 4.32. The van der Waals surface area contributed by atoms with E-state index in [0.717, 1.165) is 29.6 Å². The Morgan fingerprint density at radius 1 is 1.37 bits per heavy atom. The van der Waals surface area contributed by atoms with Crippen molar-refractivity contribution in [2.75, 3.05) is 5.32 Å². The number of imidazole rings is 1. The molecule has 10 heteroatoms. The molecule has 0 unspecified atom stereocenters. The molecule has 3 aromatic heterocycles. The third kappa shape index (κ3) is 3.43. The van der Waals surface area contributed by atoms with Crippen molar-refractivity contribution in [2.45, 2.75) is 25.8 Å². The monoisotopic (exact) mass is 423 g/mol. The minimum absolute atomic E-state index is 0.244. The fraction of sp³-hybridized carbons (Fsp3) is 0.200. The van der Waals surface area contributed by atoms with Gasteiger partial charge in [-0.3, -0.25) is 9.98 Å². The topological polar surface area (TPSA) is 123 Å². The number of fused-ring (bicyclic) bond motifs is 1. The maximum Gasteiger partial charge on any atom is 0.326 e. The van der Waals surface area contributed by atoms with Crippen LogP contribution in [0.15, 0.2) is 40.2 Å². The molecule has 0 radical (unpaired) electrons. The first-order valence-corrected chi connectivity index (χ1v) is 9.83. The van der Waals surface area contributed by atoms with Gasteiger partial charge in [0.2, 0.25) is 5.88 Å². The molecule has 4 aromatic rings. The Morgan fingerprint density at radius 3 is 2.90 bits per heavy atom. The second-order valence-corrected chi connectivity index (χ2v) is 7.66. The Labute approximate surface area is 174 Å². The molecular formula is C20H18ClN7O2. The van der Waals surface area contributed by atoms with Gasteiger partial charge in [-0.15, -0.1) is 0 Å². The van der Waals surface area contributed by atoms with Gasteiger partial charge in [0.15, 0.2) is 11.1 Å². The fourth-order valence-electron chi connectivity index (χ4n) is 3.18. The van der Waals surface area contributed by atoms with Crippen LogP contribution in [0.4, 0.5) is 11.5 Å². The summed E-state index contributed by atoms with van der Waals surface area (Å²) in [7, 11) is 0. The van der Waals surface area contributed by atoms with Gasteiger partial charge in [-0.2, -0.15) is 9.61 Å². The first-order chi connectivity index (χ1) is 14.5. The fourth-order valence-corrected chi connectivity index (χ4v) is 3.37. The number of halogens is 1. The molecule has 0 amide bonds. The molecular weight excluding hydrogens is 406 g/mol. The predicted octanol–water partition coefficient (Wildman–Crippen LogP) is 1.77. The Hall–Kier alpha value is -3.59. The number of aromatic amines is 2. The van der Waals surface area contributed by atoms with E-state index in [1.807, 2.05) is 25.1 Å². The zero-order valence-electron chi connectivity index (χ0n) is 16.0. The second-order valence-electron chi connectivity index (χ2n) is 7.23. The average molecular weight is 424 g/mol. The molecule has 1 aliphatic rings. The van der Waals surface area contributed by atoms with Crippen LogP contribution >= 0.6 is 11.6 Å². The molecule has 1 aliphatic carbocycles. The molecule has 30 heavy (non-hydrogen) atoms. The maximum atomic E-state index is 11.5. The molecule has 3 heterocycles. The molecule has 9 nitrogen and oxygen atoms in total. The van der Waals surface area contributed by atoms with Crippen LogP contribution in [0.25, 0.3) is 11.7 Å². The largest absolute Gasteiger partial charge is 0.493 e. The zero-order valence-corrected chi connectivity index (χ0v) is 16.7. The molecule has 5 rings (SSSR count). The summed E-state index contributed by atoms with van der Waals surface area (Å²) in [5.41, 5.74) is 2.69. The van der Waals surface area contributed by atoms with Gasteiger partial charge in [0, 0.05) is 21.5 Å². The number of nitrogens with zero attached hydrogens (tertiary/aromatic N) is 4. The minimum atomic E-state index is -0.494. The summed E-state index contributed by atoms with van der Waals surface area (Å²) in [6.07, 6.45) is 5.35. The number of benzene rings is 1. The lowest BCUT2D eigenvalue weighted by molar-refractivity contribution is 0.454. The average Bonchev–Trinajstić information content (AvgIpc) is 3.35. The molecule has 1 saturated carbocycles. The highest BCUT2D eigenvalue weighted by molar-refractivity contribution is 6.30. The Morgan fingerprint density at radius 2 is 2.20 bits per heavy atom. The maximum absolute atomic E-state index is 11.5. The van der Waals surface area contributed by atoms with Gasteiger partial charge in [0.05, 0.1) is 12.2 Å². The first kappa shape index (κ1) is 18.4. The van der Waals surface area contributed by atoms with E-state index < -0.39 is 5.69 Å². The number of aromatic nitrogens is 5. The van der Waals surface area contributed by atoms with E-state index in [1.54, 1.807) is 22.9 Å². The van der Waals surface area contributed by atoms with Crippen LogP contribution in [0.1, 0.15) is 24.1 Å². The quantitative estimate of drug-likeness (QED) is 0.398. The Balaban J connectivity index is 1.73. The van der Waals surface area contributed by atoms with Gasteiger partial charge in [0.1, 0.15) is 11.5 Å². The molecule has 4 N–H and O–H groups in total. The van der Waals surface area contributed by atoms with Gasteiger partial charge in [-0.1, -0.05) is 17.7 Å². The van der Waals surface area contributed by atoms with Gasteiger partial charge in [-0.25, -0.2) is 9.78 Å². The van der Waals surface area contributed by atoms with Crippen molar-refractivity contribution in [2.24, 2.45) is 4.99 Å². The number of hydrogen-bond donors (Lipinski definition) is 4. The van der Waals surface area contributed by atoms with E-state index in [0.29, 0.717) is 21.7 Å². The standard InChI is InChI=1S/C20H18ClN7O2/c1-10-16(23-14-4-2-3-12(21)8-14)26-18-11(7-15-19(29)27-20(30)25-15)9-22-28(18)17(10)24-13-5-6-13/h2-4,7-9,13,23,29H,5-6H2,1H3,(H2,25,27,30)/b11-7-,24-17?. The number of nitrogens with one attached hydrogen (secondary N) is 3. The molecule has 0 aliphatic heterocycles. The normalized spacial score (nSPS) is 15.3. The molecule has 0 atom stereocenters. The van der Waals surface area contributed by atoms with Crippen molar-refractivity contribution in [1.82, 2.24) is 24.6 Å². The van der Waals surface area contributed by atoms with E-state index in [1.165, 1.54) is 0 Å². The van der Waals surface area contributed by atoms with Crippen molar-refractivity contribution in [3.05, 3.63) is 67.9 Å². The summed E-state index contributed by atoms with van der Waals surface area (Å²) < 4.78 is 1.68. The highest BCUT2D eigenvalue weighted by Gasteiger charge is 2.21. The molecule has 1 aromatic carbocycles. The number of anilines is 2. The van der Waals surface area contributed by atoms with Gasteiger partial charge >= 0.3 is 5.69 Å². The lowest BCUT2D eigenvalue weighted by atomic mass is 10.2. The zero-order chi connectivity index (χ0) is 20.8. The molecule has 0 saturated heterocycles. The Bertz CT molecular complexity index is 1450. The summed E-state index contributed by atoms with van der Waals surface area (Å²) >= 11 is 6.12.